The lowest BCUT2D eigenvalue weighted by molar-refractivity contribution is 0.0719. The lowest BCUT2D eigenvalue weighted by atomic mass is 10.1. The summed E-state index contributed by atoms with van der Waals surface area (Å²) in [6.45, 7) is 2.66. The maximum Gasteiger partial charge on any atom is 0.254 e. The molecule has 0 fully saturated rings. The zero-order valence-corrected chi connectivity index (χ0v) is 19.0. The third-order valence-electron chi connectivity index (χ3n) is 5.23. The maximum atomic E-state index is 13.3. The molecule has 0 spiro atoms. The van der Waals surface area contributed by atoms with Gasteiger partial charge in [0.2, 0.25) is 6.79 Å². The topological polar surface area (TPSA) is 52.9 Å². The molecule has 0 saturated carbocycles. The molecule has 3 aromatic rings. The Hall–Kier alpha value is -2.77. The van der Waals surface area contributed by atoms with Crippen molar-refractivity contribution in [1.82, 2.24) is 9.47 Å². The first kappa shape index (κ1) is 21.5. The molecule has 0 bridgehead atoms. The van der Waals surface area contributed by atoms with Crippen LogP contribution in [0.3, 0.4) is 0 Å². The molecule has 4 rings (SSSR count). The summed E-state index contributed by atoms with van der Waals surface area (Å²) >= 11 is 3.48. The van der Waals surface area contributed by atoms with Gasteiger partial charge in [0.05, 0.1) is 6.54 Å². The molecule has 31 heavy (non-hydrogen) atoms. The van der Waals surface area contributed by atoms with Crippen LogP contribution < -0.4 is 9.47 Å². The van der Waals surface area contributed by atoms with E-state index in [1.807, 2.05) is 23.1 Å². The second kappa shape index (κ2) is 10.0. The van der Waals surface area contributed by atoms with Crippen LogP contribution in [-0.4, -0.2) is 42.4 Å². The van der Waals surface area contributed by atoms with Crippen LogP contribution in [0.5, 0.6) is 11.5 Å². The highest BCUT2D eigenvalue weighted by Crippen LogP contribution is 2.33. The Kier molecular flexibility index (Phi) is 6.94. The Morgan fingerprint density at radius 1 is 1.13 bits per heavy atom. The van der Waals surface area contributed by atoms with Crippen molar-refractivity contribution < 1.29 is 19.0 Å². The van der Waals surface area contributed by atoms with Crippen molar-refractivity contribution in [3.63, 3.8) is 0 Å². The summed E-state index contributed by atoms with van der Waals surface area (Å²) in [7, 11) is 1.67. The number of carbonyl (C=O) groups excluding carboxylic acids is 1. The summed E-state index contributed by atoms with van der Waals surface area (Å²) in [5, 5.41) is 0. The van der Waals surface area contributed by atoms with E-state index in [1.165, 1.54) is 5.56 Å². The average Bonchev–Trinajstić information content (AvgIpc) is 3.43. The Morgan fingerprint density at radius 2 is 1.94 bits per heavy atom. The molecule has 2 heterocycles. The number of halogens is 1. The number of nitrogens with zero attached hydrogens (tertiary/aromatic N) is 2. The summed E-state index contributed by atoms with van der Waals surface area (Å²) < 4.78 is 19.3. The predicted molar refractivity (Wildman–Crippen MR) is 121 cm³/mol. The van der Waals surface area contributed by atoms with Gasteiger partial charge in [-0.1, -0.05) is 28.1 Å². The van der Waals surface area contributed by atoms with Gasteiger partial charge >= 0.3 is 0 Å². The largest absolute Gasteiger partial charge is 0.454 e. The Morgan fingerprint density at radius 3 is 2.74 bits per heavy atom. The summed E-state index contributed by atoms with van der Waals surface area (Å²) in [6.07, 6.45) is 2.82. The van der Waals surface area contributed by atoms with E-state index in [2.05, 4.69) is 44.9 Å². The molecule has 1 amide bonds. The summed E-state index contributed by atoms with van der Waals surface area (Å²) in [5.41, 5.74) is 2.87. The minimum Gasteiger partial charge on any atom is -0.454 e. The molecule has 0 atom stereocenters. The first-order chi connectivity index (χ1) is 15.1. The molecule has 0 saturated heterocycles. The highest BCUT2D eigenvalue weighted by molar-refractivity contribution is 9.10. The number of benzene rings is 2. The molecule has 1 aromatic heterocycles. The van der Waals surface area contributed by atoms with Gasteiger partial charge in [-0.3, -0.25) is 4.79 Å². The van der Waals surface area contributed by atoms with Crippen LogP contribution in [0.1, 0.15) is 28.0 Å². The molecule has 7 heteroatoms. The Balaban J connectivity index is 1.52. The van der Waals surface area contributed by atoms with E-state index in [0.29, 0.717) is 36.8 Å². The van der Waals surface area contributed by atoms with Gasteiger partial charge in [-0.25, -0.2) is 0 Å². The fourth-order valence-corrected chi connectivity index (χ4v) is 3.86. The van der Waals surface area contributed by atoms with Crippen LogP contribution in [-0.2, 0) is 17.8 Å². The summed E-state index contributed by atoms with van der Waals surface area (Å²) in [6, 6.07) is 17.7. The van der Waals surface area contributed by atoms with Gasteiger partial charge in [-0.15, -0.1) is 0 Å². The van der Waals surface area contributed by atoms with Crippen LogP contribution in [0.25, 0.3) is 0 Å². The minimum atomic E-state index is -0.0363. The molecule has 162 valence electrons. The van der Waals surface area contributed by atoms with E-state index < -0.39 is 0 Å². The lowest BCUT2D eigenvalue weighted by Gasteiger charge is -2.24. The van der Waals surface area contributed by atoms with E-state index in [9.17, 15) is 4.79 Å². The lowest BCUT2D eigenvalue weighted by Crippen LogP contribution is -2.33. The molecule has 6 nitrogen and oxygen atoms in total. The molecule has 2 aromatic carbocycles. The standard InChI is InChI=1S/C24H25BrN2O4/c1-29-13-3-12-27(24(28)19-7-10-22-23(14-19)31-17-30-22)16-21-4-2-11-26(21)15-18-5-8-20(25)9-6-18/h2,4-11,14H,3,12-13,15-17H2,1H3. The van der Waals surface area contributed by atoms with Crippen molar-refractivity contribution in [2.45, 2.75) is 19.5 Å². The minimum absolute atomic E-state index is 0.0363. The first-order valence-electron chi connectivity index (χ1n) is 10.2. The van der Waals surface area contributed by atoms with Crippen LogP contribution in [0.4, 0.5) is 0 Å². The molecule has 0 radical (unpaired) electrons. The molecule has 1 aliphatic rings. The van der Waals surface area contributed by atoms with Crippen molar-refractivity contribution in [3.8, 4) is 11.5 Å². The second-order valence-electron chi connectivity index (χ2n) is 7.39. The van der Waals surface area contributed by atoms with Crippen molar-refractivity contribution in [3.05, 3.63) is 82.1 Å². The molecular weight excluding hydrogens is 460 g/mol. The van der Waals surface area contributed by atoms with E-state index in [1.54, 1.807) is 25.3 Å². The Labute approximate surface area is 190 Å². The summed E-state index contributed by atoms with van der Waals surface area (Å²) in [5.74, 6) is 1.25. The number of hydrogen-bond donors (Lipinski definition) is 0. The number of methoxy groups -OCH3 is 1. The Bertz CT molecular complexity index is 1030. The van der Waals surface area contributed by atoms with Crippen LogP contribution in [0, 0.1) is 0 Å². The molecule has 1 aliphatic heterocycles. The zero-order chi connectivity index (χ0) is 21.6. The number of amides is 1. The van der Waals surface area contributed by atoms with E-state index in [4.69, 9.17) is 14.2 Å². The van der Waals surface area contributed by atoms with Gasteiger partial charge in [0.1, 0.15) is 0 Å². The van der Waals surface area contributed by atoms with Gasteiger partial charge in [0, 0.05) is 48.7 Å². The van der Waals surface area contributed by atoms with Gasteiger partial charge in [0.25, 0.3) is 5.91 Å². The van der Waals surface area contributed by atoms with Crippen molar-refractivity contribution in [1.29, 1.82) is 0 Å². The third kappa shape index (κ3) is 5.29. The zero-order valence-electron chi connectivity index (χ0n) is 17.4. The molecule has 0 N–H and O–H groups in total. The highest BCUT2D eigenvalue weighted by atomic mass is 79.9. The maximum absolute atomic E-state index is 13.3. The van der Waals surface area contributed by atoms with E-state index in [-0.39, 0.29) is 12.7 Å². The van der Waals surface area contributed by atoms with Crippen LogP contribution in [0.15, 0.2) is 65.3 Å². The number of fused-ring (bicyclic) bond motifs is 1. The first-order valence-corrected chi connectivity index (χ1v) is 11.0. The van der Waals surface area contributed by atoms with Crippen LogP contribution >= 0.6 is 15.9 Å². The second-order valence-corrected chi connectivity index (χ2v) is 8.31. The van der Waals surface area contributed by atoms with Crippen molar-refractivity contribution in [2.75, 3.05) is 27.1 Å². The van der Waals surface area contributed by atoms with Crippen molar-refractivity contribution in [2.24, 2.45) is 0 Å². The fraction of sp³-hybridized carbons (Fsp3) is 0.292. The molecular formula is C24H25BrN2O4. The molecule has 0 unspecified atom stereocenters. The average molecular weight is 485 g/mol. The highest BCUT2D eigenvalue weighted by Gasteiger charge is 2.21. The monoisotopic (exact) mass is 484 g/mol. The number of aromatic nitrogens is 1. The van der Waals surface area contributed by atoms with Gasteiger partial charge in [0.15, 0.2) is 11.5 Å². The van der Waals surface area contributed by atoms with Gasteiger partial charge < -0.3 is 23.7 Å². The number of rotatable bonds is 9. The van der Waals surface area contributed by atoms with E-state index >= 15 is 0 Å². The molecule has 0 aliphatic carbocycles. The third-order valence-corrected chi connectivity index (χ3v) is 5.75. The fourth-order valence-electron chi connectivity index (χ4n) is 3.59. The number of carbonyl (C=O) groups is 1. The number of hydrogen-bond acceptors (Lipinski definition) is 4. The van der Waals surface area contributed by atoms with Crippen LogP contribution in [0.2, 0.25) is 0 Å². The smallest absolute Gasteiger partial charge is 0.254 e. The predicted octanol–water partition coefficient (Wildman–Crippen LogP) is 4.71. The summed E-state index contributed by atoms with van der Waals surface area (Å²) in [4.78, 5) is 15.2. The number of ether oxygens (including phenoxy) is 3. The van der Waals surface area contributed by atoms with Crippen molar-refractivity contribution >= 4 is 21.8 Å². The SMILES string of the molecule is COCCCN(Cc1cccn1Cc1ccc(Br)cc1)C(=O)c1ccc2c(c1)OCO2. The van der Waals surface area contributed by atoms with E-state index in [0.717, 1.165) is 23.1 Å². The quantitative estimate of drug-likeness (QED) is 0.412. The normalized spacial score (nSPS) is 12.2. The van der Waals surface area contributed by atoms with Gasteiger partial charge in [-0.2, -0.15) is 0 Å². The van der Waals surface area contributed by atoms with Gasteiger partial charge in [-0.05, 0) is 54.4 Å².